The molecule has 35 heavy (non-hydrogen) atoms. The van der Waals surface area contributed by atoms with Crippen LogP contribution >= 0.6 is 0 Å². The first kappa shape index (κ1) is 22.9. The number of benzene rings is 1. The molecule has 4 aromatic rings. The molecule has 0 unspecified atom stereocenters. The lowest BCUT2D eigenvalue weighted by atomic mass is 10.1. The third kappa shape index (κ3) is 4.45. The summed E-state index contributed by atoms with van der Waals surface area (Å²) < 4.78 is 1.99. The smallest absolute Gasteiger partial charge is 0.229 e. The lowest BCUT2D eigenvalue weighted by Crippen LogP contribution is -2.47. The summed E-state index contributed by atoms with van der Waals surface area (Å²) >= 11 is 0. The molecule has 1 fully saturated rings. The standard InChI is InChI=1S/C26H32N8O/c1-4-19(5-2)31(3)24-23-25(34(18-28-23)21-7-6-12-27-17-21)30-26(29-24)33-15-13-32(14-16-33)20-8-10-22(35)11-9-20/h6-12,17-19,35H,4-5,13-16H2,1-3H3. The fraction of sp³-hybridized carbons (Fsp3) is 0.385. The Morgan fingerprint density at radius 2 is 1.66 bits per heavy atom. The van der Waals surface area contributed by atoms with E-state index in [2.05, 4.69) is 40.6 Å². The van der Waals surface area contributed by atoms with E-state index in [-0.39, 0.29) is 5.75 Å². The fourth-order valence-electron chi connectivity index (χ4n) is 4.78. The monoisotopic (exact) mass is 472 g/mol. The Hall–Kier alpha value is -3.88. The Balaban J connectivity index is 1.50. The van der Waals surface area contributed by atoms with Crippen molar-refractivity contribution in [2.24, 2.45) is 0 Å². The van der Waals surface area contributed by atoms with Crippen LogP contribution in [0.15, 0.2) is 55.1 Å². The van der Waals surface area contributed by atoms with Gasteiger partial charge in [-0.1, -0.05) is 13.8 Å². The first-order valence-corrected chi connectivity index (χ1v) is 12.3. The second-order valence-electron chi connectivity index (χ2n) is 8.92. The van der Waals surface area contributed by atoms with Crippen LogP contribution in [-0.4, -0.2) is 68.9 Å². The summed E-state index contributed by atoms with van der Waals surface area (Å²) in [6.45, 7) is 7.74. The van der Waals surface area contributed by atoms with Crippen LogP contribution in [0.2, 0.25) is 0 Å². The molecule has 4 heterocycles. The van der Waals surface area contributed by atoms with Crippen molar-refractivity contribution in [1.29, 1.82) is 0 Å². The lowest BCUT2D eigenvalue weighted by molar-refractivity contribution is 0.475. The van der Waals surface area contributed by atoms with Gasteiger partial charge >= 0.3 is 0 Å². The SMILES string of the molecule is CCC(CC)N(C)c1nc(N2CCN(c3ccc(O)cc3)CC2)nc2c1ncn2-c1cccnc1. The van der Waals surface area contributed by atoms with Gasteiger partial charge in [-0.2, -0.15) is 9.97 Å². The lowest BCUT2D eigenvalue weighted by Gasteiger charge is -2.36. The minimum absolute atomic E-state index is 0.286. The Kier molecular flexibility index (Phi) is 6.39. The number of phenolic OH excluding ortho intramolecular Hbond substituents is 1. The summed E-state index contributed by atoms with van der Waals surface area (Å²) in [7, 11) is 2.11. The molecular weight excluding hydrogens is 440 g/mol. The van der Waals surface area contributed by atoms with E-state index in [1.165, 1.54) is 0 Å². The van der Waals surface area contributed by atoms with Crippen LogP contribution in [0.5, 0.6) is 5.75 Å². The van der Waals surface area contributed by atoms with Gasteiger partial charge in [0.05, 0.1) is 11.9 Å². The molecule has 1 aliphatic rings. The number of phenols is 1. The summed E-state index contributed by atoms with van der Waals surface area (Å²) in [6.07, 6.45) is 7.46. The zero-order valence-corrected chi connectivity index (χ0v) is 20.5. The van der Waals surface area contributed by atoms with E-state index in [1.807, 2.05) is 41.4 Å². The van der Waals surface area contributed by atoms with Gasteiger partial charge < -0.3 is 19.8 Å². The zero-order valence-electron chi connectivity index (χ0n) is 20.5. The molecule has 0 spiro atoms. The number of fused-ring (bicyclic) bond motifs is 1. The molecule has 9 nitrogen and oxygen atoms in total. The number of imidazole rings is 1. The van der Waals surface area contributed by atoms with E-state index >= 15 is 0 Å². The Bertz CT molecular complexity index is 1260. The number of rotatable bonds is 7. The third-order valence-corrected chi connectivity index (χ3v) is 6.89. The van der Waals surface area contributed by atoms with Gasteiger partial charge in [-0.05, 0) is 49.2 Å². The van der Waals surface area contributed by atoms with Crippen molar-refractivity contribution >= 4 is 28.6 Å². The number of anilines is 3. The van der Waals surface area contributed by atoms with Gasteiger partial charge in [0.15, 0.2) is 17.0 Å². The molecule has 1 aromatic carbocycles. The average molecular weight is 473 g/mol. The van der Waals surface area contributed by atoms with Crippen molar-refractivity contribution < 1.29 is 5.11 Å². The van der Waals surface area contributed by atoms with Crippen molar-refractivity contribution in [2.45, 2.75) is 32.7 Å². The van der Waals surface area contributed by atoms with Crippen LogP contribution in [0.3, 0.4) is 0 Å². The Labute approximate surface area is 205 Å². The number of aromatic nitrogens is 5. The summed E-state index contributed by atoms with van der Waals surface area (Å²) in [6, 6.07) is 11.7. The number of hydrogen-bond donors (Lipinski definition) is 1. The van der Waals surface area contributed by atoms with Crippen LogP contribution in [0.25, 0.3) is 16.9 Å². The molecule has 1 aliphatic heterocycles. The van der Waals surface area contributed by atoms with Crippen LogP contribution in [0, 0.1) is 0 Å². The Morgan fingerprint density at radius 1 is 0.943 bits per heavy atom. The minimum atomic E-state index is 0.286. The van der Waals surface area contributed by atoms with Crippen LogP contribution in [-0.2, 0) is 0 Å². The van der Waals surface area contributed by atoms with Crippen LogP contribution in [0.4, 0.5) is 17.5 Å². The number of aromatic hydroxyl groups is 1. The summed E-state index contributed by atoms with van der Waals surface area (Å²) in [5, 5.41) is 9.61. The molecular formula is C26H32N8O. The summed E-state index contributed by atoms with van der Waals surface area (Å²) in [4.78, 5) is 25.9. The molecule has 9 heteroatoms. The van der Waals surface area contributed by atoms with Crippen molar-refractivity contribution in [3.63, 3.8) is 0 Å². The molecule has 0 saturated carbocycles. The highest BCUT2D eigenvalue weighted by Gasteiger charge is 2.25. The van der Waals surface area contributed by atoms with Crippen molar-refractivity contribution in [1.82, 2.24) is 24.5 Å². The van der Waals surface area contributed by atoms with Crippen molar-refractivity contribution in [2.75, 3.05) is 47.9 Å². The van der Waals surface area contributed by atoms with E-state index in [9.17, 15) is 5.11 Å². The van der Waals surface area contributed by atoms with Crippen molar-refractivity contribution in [3.05, 3.63) is 55.1 Å². The van der Waals surface area contributed by atoms with Gasteiger partial charge in [-0.15, -0.1) is 0 Å². The maximum absolute atomic E-state index is 9.61. The van der Waals surface area contributed by atoms with Gasteiger partial charge in [0.2, 0.25) is 5.95 Å². The molecule has 0 radical (unpaired) electrons. The topological polar surface area (TPSA) is 86.4 Å². The highest BCUT2D eigenvalue weighted by atomic mass is 16.3. The van der Waals surface area contributed by atoms with E-state index in [1.54, 1.807) is 18.3 Å². The summed E-state index contributed by atoms with van der Waals surface area (Å²) in [5.74, 6) is 1.87. The highest BCUT2D eigenvalue weighted by Crippen LogP contribution is 2.30. The number of pyridine rings is 1. The minimum Gasteiger partial charge on any atom is -0.508 e. The molecule has 0 aliphatic carbocycles. The molecule has 0 bridgehead atoms. The van der Waals surface area contributed by atoms with Gasteiger partial charge in [0.25, 0.3) is 0 Å². The maximum atomic E-state index is 9.61. The molecule has 182 valence electrons. The second-order valence-corrected chi connectivity index (χ2v) is 8.92. The van der Waals surface area contributed by atoms with E-state index < -0.39 is 0 Å². The average Bonchev–Trinajstić information content (AvgIpc) is 3.34. The van der Waals surface area contributed by atoms with Gasteiger partial charge in [0.1, 0.15) is 12.1 Å². The van der Waals surface area contributed by atoms with E-state index in [0.717, 1.165) is 73.3 Å². The van der Waals surface area contributed by atoms with Gasteiger partial charge in [-0.25, -0.2) is 4.98 Å². The number of hydrogen-bond acceptors (Lipinski definition) is 8. The van der Waals surface area contributed by atoms with E-state index in [0.29, 0.717) is 6.04 Å². The quantitative estimate of drug-likeness (QED) is 0.434. The molecule has 3 aromatic heterocycles. The molecule has 1 N–H and O–H groups in total. The second kappa shape index (κ2) is 9.77. The van der Waals surface area contributed by atoms with Gasteiger partial charge in [-0.3, -0.25) is 9.55 Å². The largest absolute Gasteiger partial charge is 0.508 e. The molecule has 0 amide bonds. The molecule has 1 saturated heterocycles. The fourth-order valence-corrected chi connectivity index (χ4v) is 4.78. The summed E-state index contributed by atoms with van der Waals surface area (Å²) in [5.41, 5.74) is 3.63. The first-order chi connectivity index (χ1) is 17.1. The highest BCUT2D eigenvalue weighted by molar-refractivity contribution is 5.86. The zero-order chi connectivity index (χ0) is 24.4. The third-order valence-electron chi connectivity index (χ3n) is 6.89. The normalized spacial score (nSPS) is 14.2. The predicted molar refractivity (Wildman–Crippen MR) is 140 cm³/mol. The number of nitrogens with zero attached hydrogens (tertiary/aromatic N) is 8. The van der Waals surface area contributed by atoms with Crippen LogP contribution < -0.4 is 14.7 Å². The molecule has 5 rings (SSSR count). The maximum Gasteiger partial charge on any atom is 0.229 e. The van der Waals surface area contributed by atoms with Crippen LogP contribution in [0.1, 0.15) is 26.7 Å². The number of piperazine rings is 1. The first-order valence-electron chi connectivity index (χ1n) is 12.3. The Morgan fingerprint density at radius 3 is 2.31 bits per heavy atom. The van der Waals surface area contributed by atoms with Gasteiger partial charge in [0, 0.05) is 51.2 Å². The predicted octanol–water partition coefficient (Wildman–Crippen LogP) is 3.87. The molecule has 0 atom stereocenters. The van der Waals surface area contributed by atoms with Crippen molar-refractivity contribution in [3.8, 4) is 11.4 Å². The van der Waals surface area contributed by atoms with E-state index in [4.69, 9.17) is 15.0 Å².